The summed E-state index contributed by atoms with van der Waals surface area (Å²) < 4.78 is 13.7. The van der Waals surface area contributed by atoms with E-state index in [1.165, 1.54) is 18.2 Å². The van der Waals surface area contributed by atoms with Crippen molar-refractivity contribution in [2.45, 2.75) is 13.3 Å². The van der Waals surface area contributed by atoms with Crippen molar-refractivity contribution < 1.29 is 9.18 Å². The Bertz CT molecular complexity index is 994. The molecule has 0 saturated carbocycles. The van der Waals surface area contributed by atoms with Gasteiger partial charge in [-0.15, -0.1) is 0 Å². The SMILES string of the molecule is Cc1cc2cc(CCNC(=O)c3c(F)cccc3Cl)ccc2[nH]c1=O. The minimum absolute atomic E-state index is 0.0858. The summed E-state index contributed by atoms with van der Waals surface area (Å²) in [6, 6.07) is 11.6. The molecular formula is C19H16ClFN2O2. The van der Waals surface area contributed by atoms with Crippen molar-refractivity contribution in [3.8, 4) is 0 Å². The van der Waals surface area contributed by atoms with Gasteiger partial charge in [-0.3, -0.25) is 9.59 Å². The van der Waals surface area contributed by atoms with Gasteiger partial charge in [-0.1, -0.05) is 23.7 Å². The van der Waals surface area contributed by atoms with E-state index in [9.17, 15) is 14.0 Å². The summed E-state index contributed by atoms with van der Waals surface area (Å²) in [5, 5.41) is 3.69. The van der Waals surface area contributed by atoms with Crippen molar-refractivity contribution in [3.63, 3.8) is 0 Å². The van der Waals surface area contributed by atoms with E-state index in [2.05, 4.69) is 10.3 Å². The minimum Gasteiger partial charge on any atom is -0.352 e. The molecule has 128 valence electrons. The number of H-pyrrole nitrogens is 1. The lowest BCUT2D eigenvalue weighted by molar-refractivity contribution is 0.0950. The molecule has 1 amide bonds. The van der Waals surface area contributed by atoms with Crippen LogP contribution in [0.15, 0.2) is 47.3 Å². The zero-order valence-corrected chi connectivity index (χ0v) is 14.3. The molecule has 6 heteroatoms. The van der Waals surface area contributed by atoms with Gasteiger partial charge in [0.25, 0.3) is 11.5 Å². The largest absolute Gasteiger partial charge is 0.352 e. The lowest BCUT2D eigenvalue weighted by atomic mass is 10.1. The molecular weight excluding hydrogens is 343 g/mol. The van der Waals surface area contributed by atoms with Gasteiger partial charge < -0.3 is 10.3 Å². The van der Waals surface area contributed by atoms with Crippen LogP contribution in [0.1, 0.15) is 21.5 Å². The van der Waals surface area contributed by atoms with E-state index in [0.717, 1.165) is 16.5 Å². The standard InChI is InChI=1S/C19H16ClFN2O2/c1-11-9-13-10-12(5-6-16(13)23-18(11)24)7-8-22-19(25)17-14(20)3-2-4-15(17)21/h2-6,9-10H,7-8H2,1H3,(H,22,25)(H,23,24). The molecule has 0 aliphatic carbocycles. The van der Waals surface area contributed by atoms with E-state index in [0.29, 0.717) is 18.5 Å². The topological polar surface area (TPSA) is 62.0 Å². The molecule has 0 saturated heterocycles. The first-order valence-corrected chi connectivity index (χ1v) is 8.18. The quantitative estimate of drug-likeness (QED) is 0.748. The third kappa shape index (κ3) is 3.72. The highest BCUT2D eigenvalue weighted by atomic mass is 35.5. The number of hydrogen-bond acceptors (Lipinski definition) is 2. The predicted octanol–water partition coefficient (Wildman–Crippen LogP) is 3.60. The summed E-state index contributed by atoms with van der Waals surface area (Å²) in [5.74, 6) is -1.18. The monoisotopic (exact) mass is 358 g/mol. The first-order chi connectivity index (χ1) is 12.0. The summed E-state index contributed by atoms with van der Waals surface area (Å²) >= 11 is 5.88. The van der Waals surface area contributed by atoms with Crippen LogP contribution in [0, 0.1) is 12.7 Å². The first kappa shape index (κ1) is 17.2. The zero-order chi connectivity index (χ0) is 18.0. The number of aryl methyl sites for hydroxylation is 1. The molecule has 0 aliphatic rings. The summed E-state index contributed by atoms with van der Waals surface area (Å²) in [5.41, 5.74) is 2.16. The second-order valence-corrected chi connectivity index (χ2v) is 6.21. The molecule has 2 N–H and O–H groups in total. The number of pyridine rings is 1. The molecule has 25 heavy (non-hydrogen) atoms. The van der Waals surface area contributed by atoms with Crippen LogP contribution >= 0.6 is 11.6 Å². The number of benzene rings is 2. The van der Waals surface area contributed by atoms with Gasteiger partial charge >= 0.3 is 0 Å². The number of rotatable bonds is 4. The number of fused-ring (bicyclic) bond motifs is 1. The van der Waals surface area contributed by atoms with Crippen LogP contribution in [0.3, 0.4) is 0 Å². The van der Waals surface area contributed by atoms with E-state index in [1.807, 2.05) is 24.3 Å². The molecule has 3 aromatic rings. The zero-order valence-electron chi connectivity index (χ0n) is 13.5. The third-order valence-corrected chi connectivity index (χ3v) is 4.30. The number of carbonyl (C=O) groups excluding carboxylic acids is 1. The van der Waals surface area contributed by atoms with E-state index >= 15 is 0 Å². The fraction of sp³-hybridized carbons (Fsp3) is 0.158. The van der Waals surface area contributed by atoms with E-state index in [4.69, 9.17) is 11.6 Å². The molecule has 1 heterocycles. The molecule has 0 bridgehead atoms. The molecule has 0 unspecified atom stereocenters. The minimum atomic E-state index is -0.643. The normalized spacial score (nSPS) is 10.8. The van der Waals surface area contributed by atoms with Gasteiger partial charge in [0.1, 0.15) is 5.82 Å². The summed E-state index contributed by atoms with van der Waals surface area (Å²) in [6.45, 7) is 2.10. The van der Waals surface area contributed by atoms with Crippen LogP contribution in [-0.4, -0.2) is 17.4 Å². The molecule has 4 nitrogen and oxygen atoms in total. The average molecular weight is 359 g/mol. The molecule has 0 spiro atoms. The number of nitrogens with one attached hydrogen (secondary N) is 2. The first-order valence-electron chi connectivity index (χ1n) is 7.80. The van der Waals surface area contributed by atoms with Gasteiger partial charge in [-0.25, -0.2) is 4.39 Å². The van der Waals surface area contributed by atoms with Gasteiger partial charge in [-0.05, 0) is 54.6 Å². The number of amides is 1. The second-order valence-electron chi connectivity index (χ2n) is 5.81. The molecule has 0 fully saturated rings. The van der Waals surface area contributed by atoms with Gasteiger partial charge in [-0.2, -0.15) is 0 Å². The number of aromatic nitrogens is 1. The number of carbonyl (C=O) groups is 1. The highest BCUT2D eigenvalue weighted by Gasteiger charge is 2.15. The van der Waals surface area contributed by atoms with E-state index in [1.54, 1.807) is 6.92 Å². The Morgan fingerprint density at radius 3 is 2.80 bits per heavy atom. The van der Waals surface area contributed by atoms with E-state index < -0.39 is 11.7 Å². The maximum Gasteiger partial charge on any atom is 0.255 e. The number of aromatic amines is 1. The van der Waals surface area contributed by atoms with Crippen LogP contribution in [0.5, 0.6) is 0 Å². The maximum atomic E-state index is 13.7. The molecule has 0 aliphatic heterocycles. The average Bonchev–Trinajstić information content (AvgIpc) is 2.56. The van der Waals surface area contributed by atoms with Crippen LogP contribution in [-0.2, 0) is 6.42 Å². The fourth-order valence-electron chi connectivity index (χ4n) is 2.64. The Hall–Kier alpha value is -2.66. The summed E-state index contributed by atoms with van der Waals surface area (Å²) in [4.78, 5) is 26.5. The molecule has 0 atom stereocenters. The fourth-order valence-corrected chi connectivity index (χ4v) is 2.89. The smallest absolute Gasteiger partial charge is 0.255 e. The number of halogens is 2. The molecule has 3 rings (SSSR count). The van der Waals surface area contributed by atoms with Crippen LogP contribution < -0.4 is 10.9 Å². The highest BCUT2D eigenvalue weighted by Crippen LogP contribution is 2.19. The lowest BCUT2D eigenvalue weighted by Crippen LogP contribution is -2.26. The van der Waals surface area contributed by atoms with Crippen molar-refractivity contribution in [2.75, 3.05) is 6.54 Å². The van der Waals surface area contributed by atoms with Crippen molar-refractivity contribution in [3.05, 3.63) is 80.3 Å². The van der Waals surface area contributed by atoms with Crippen LogP contribution in [0.25, 0.3) is 10.9 Å². The van der Waals surface area contributed by atoms with Gasteiger partial charge in [0.15, 0.2) is 0 Å². The Kier molecular flexibility index (Phi) is 4.86. The van der Waals surface area contributed by atoms with Crippen LogP contribution in [0.2, 0.25) is 5.02 Å². The van der Waals surface area contributed by atoms with Crippen molar-refractivity contribution in [1.82, 2.24) is 10.3 Å². The van der Waals surface area contributed by atoms with Crippen LogP contribution in [0.4, 0.5) is 4.39 Å². The van der Waals surface area contributed by atoms with Gasteiger partial charge in [0, 0.05) is 17.6 Å². The Balaban J connectivity index is 1.70. The molecule has 1 aromatic heterocycles. The van der Waals surface area contributed by atoms with Gasteiger partial charge in [0.2, 0.25) is 0 Å². The lowest BCUT2D eigenvalue weighted by Gasteiger charge is -2.08. The number of hydrogen-bond donors (Lipinski definition) is 2. The second kappa shape index (κ2) is 7.07. The summed E-state index contributed by atoms with van der Waals surface area (Å²) in [7, 11) is 0. The maximum absolute atomic E-state index is 13.7. The van der Waals surface area contributed by atoms with E-state index in [-0.39, 0.29) is 16.1 Å². The Labute approximate surface area is 148 Å². The highest BCUT2D eigenvalue weighted by molar-refractivity contribution is 6.33. The Morgan fingerprint density at radius 2 is 2.04 bits per heavy atom. The van der Waals surface area contributed by atoms with Gasteiger partial charge in [0.05, 0.1) is 10.6 Å². The molecule has 2 aromatic carbocycles. The predicted molar refractivity (Wildman–Crippen MR) is 96.8 cm³/mol. The summed E-state index contributed by atoms with van der Waals surface area (Å²) in [6.07, 6.45) is 0.575. The van der Waals surface area contributed by atoms with Crippen molar-refractivity contribution >= 4 is 28.4 Å². The Morgan fingerprint density at radius 1 is 1.24 bits per heavy atom. The molecule has 0 radical (unpaired) electrons. The van der Waals surface area contributed by atoms with Crippen molar-refractivity contribution in [1.29, 1.82) is 0 Å². The third-order valence-electron chi connectivity index (χ3n) is 3.98. The van der Waals surface area contributed by atoms with Crippen molar-refractivity contribution in [2.24, 2.45) is 0 Å².